The normalized spacial score (nSPS) is 10.8. The number of rotatable bonds is 7. The smallest absolute Gasteiger partial charge is 0.281 e. The first-order valence-electron chi connectivity index (χ1n) is 9.78. The predicted molar refractivity (Wildman–Crippen MR) is 122 cm³/mol. The Kier molecular flexibility index (Phi) is 6.42. The third-order valence-corrected chi connectivity index (χ3v) is 5.63. The number of ketones is 1. The summed E-state index contributed by atoms with van der Waals surface area (Å²) in [6.07, 6.45) is 0.0821. The minimum atomic E-state index is -0.436. The van der Waals surface area contributed by atoms with Crippen molar-refractivity contribution in [3.05, 3.63) is 106 Å². The molecular formula is C24H18FN3O3S. The zero-order valence-corrected chi connectivity index (χ0v) is 17.6. The number of aromatic nitrogens is 2. The first kappa shape index (κ1) is 21.5. The number of Topliss-reactive ketones (excluding diaryl/α,β-unsaturated/α-hetero) is 1. The van der Waals surface area contributed by atoms with Crippen LogP contribution in [0.3, 0.4) is 0 Å². The van der Waals surface area contributed by atoms with Gasteiger partial charge in [0.05, 0.1) is 23.1 Å². The Hall–Kier alpha value is -3.78. The fourth-order valence-corrected chi connectivity index (χ4v) is 3.95. The van der Waals surface area contributed by atoms with Gasteiger partial charge in [-0.05, 0) is 42.0 Å². The van der Waals surface area contributed by atoms with Gasteiger partial charge in [-0.3, -0.25) is 19.8 Å². The maximum Gasteiger partial charge on any atom is 0.281 e. The van der Waals surface area contributed by atoms with Gasteiger partial charge in [0.25, 0.3) is 5.56 Å². The Labute approximate surface area is 187 Å². The summed E-state index contributed by atoms with van der Waals surface area (Å²) in [5.74, 6) is -1.10. The highest BCUT2D eigenvalue weighted by Gasteiger charge is 2.16. The number of nitrogens with one attached hydrogen (secondary N) is 1. The van der Waals surface area contributed by atoms with E-state index in [0.29, 0.717) is 16.5 Å². The average Bonchev–Trinajstić information content (AvgIpc) is 2.80. The second kappa shape index (κ2) is 9.57. The molecule has 8 heteroatoms. The molecule has 0 radical (unpaired) electrons. The van der Waals surface area contributed by atoms with E-state index in [0.717, 1.165) is 22.0 Å². The van der Waals surface area contributed by atoms with Gasteiger partial charge in [-0.1, -0.05) is 54.2 Å². The summed E-state index contributed by atoms with van der Waals surface area (Å²) in [5, 5.41) is 0.535. The van der Waals surface area contributed by atoms with E-state index >= 15 is 0 Å². The molecule has 1 aromatic heterocycles. The van der Waals surface area contributed by atoms with Crippen LogP contribution >= 0.6 is 11.8 Å². The van der Waals surface area contributed by atoms with Gasteiger partial charge in [0, 0.05) is 5.56 Å². The number of nitrogens with zero attached hydrogens (tertiary/aromatic N) is 2. The third-order valence-electron chi connectivity index (χ3n) is 4.69. The van der Waals surface area contributed by atoms with Crippen molar-refractivity contribution in [3.63, 3.8) is 0 Å². The summed E-state index contributed by atoms with van der Waals surface area (Å²) in [6, 6.07) is 21.2. The summed E-state index contributed by atoms with van der Waals surface area (Å²) < 4.78 is 14.2. The molecule has 32 heavy (non-hydrogen) atoms. The van der Waals surface area contributed by atoms with E-state index in [2.05, 4.69) is 10.4 Å². The molecule has 0 bridgehead atoms. The number of carbonyl (C=O) groups is 2. The van der Waals surface area contributed by atoms with Crippen molar-refractivity contribution in [1.29, 1.82) is 0 Å². The van der Waals surface area contributed by atoms with Crippen LogP contribution in [0.2, 0.25) is 0 Å². The van der Waals surface area contributed by atoms with Gasteiger partial charge in [0.2, 0.25) is 5.91 Å². The molecule has 0 aliphatic rings. The molecule has 1 heterocycles. The number of amides is 1. The van der Waals surface area contributed by atoms with E-state index < -0.39 is 11.4 Å². The van der Waals surface area contributed by atoms with Crippen LogP contribution in [-0.2, 0) is 11.2 Å². The Morgan fingerprint density at radius 3 is 2.38 bits per heavy atom. The highest BCUT2D eigenvalue weighted by Crippen LogP contribution is 2.19. The standard InChI is InChI=1S/C24H18FN3O3S/c25-18-12-10-17(11-13-18)21(29)15-32-24-26-20-9-5-4-8-19(20)23(31)28(24)27-22(30)14-16-6-2-1-3-7-16/h1-13H,14-15H2,(H,27,30). The molecular weight excluding hydrogens is 429 g/mol. The molecule has 0 saturated carbocycles. The number of hydrogen-bond donors (Lipinski definition) is 1. The average molecular weight is 447 g/mol. The van der Waals surface area contributed by atoms with Crippen molar-refractivity contribution in [2.24, 2.45) is 0 Å². The molecule has 160 valence electrons. The molecule has 0 spiro atoms. The van der Waals surface area contributed by atoms with Crippen molar-refractivity contribution in [1.82, 2.24) is 9.66 Å². The lowest BCUT2D eigenvalue weighted by Gasteiger charge is -2.14. The van der Waals surface area contributed by atoms with Crippen molar-refractivity contribution in [3.8, 4) is 0 Å². The quantitative estimate of drug-likeness (QED) is 0.265. The minimum absolute atomic E-state index is 0.0367. The number of halogens is 1. The first-order chi connectivity index (χ1) is 15.5. The lowest BCUT2D eigenvalue weighted by molar-refractivity contribution is -0.116. The van der Waals surface area contributed by atoms with Crippen LogP contribution in [0.5, 0.6) is 0 Å². The SMILES string of the molecule is O=C(Cc1ccccc1)Nn1c(SCC(=O)c2ccc(F)cc2)nc2ccccc2c1=O. The maximum absolute atomic E-state index is 13.1. The summed E-state index contributed by atoms with van der Waals surface area (Å²) >= 11 is 1.03. The van der Waals surface area contributed by atoms with E-state index in [1.54, 1.807) is 24.3 Å². The van der Waals surface area contributed by atoms with Gasteiger partial charge < -0.3 is 0 Å². The molecule has 0 atom stereocenters. The Balaban J connectivity index is 1.61. The second-order valence-corrected chi connectivity index (χ2v) is 7.91. The maximum atomic E-state index is 13.1. The lowest BCUT2D eigenvalue weighted by Crippen LogP contribution is -2.36. The van der Waals surface area contributed by atoms with Crippen molar-refractivity contribution in [2.45, 2.75) is 11.6 Å². The van der Waals surface area contributed by atoms with Crippen LogP contribution in [0.25, 0.3) is 10.9 Å². The molecule has 0 aliphatic carbocycles. The van der Waals surface area contributed by atoms with Crippen molar-refractivity contribution >= 4 is 34.4 Å². The molecule has 4 aromatic rings. The minimum Gasteiger partial charge on any atom is -0.293 e. The Morgan fingerprint density at radius 1 is 0.938 bits per heavy atom. The molecule has 4 rings (SSSR count). The summed E-state index contributed by atoms with van der Waals surface area (Å²) in [6.45, 7) is 0. The van der Waals surface area contributed by atoms with E-state index in [9.17, 15) is 18.8 Å². The number of hydrogen-bond acceptors (Lipinski definition) is 5. The topological polar surface area (TPSA) is 81.1 Å². The number of thioether (sulfide) groups is 1. The van der Waals surface area contributed by atoms with Gasteiger partial charge >= 0.3 is 0 Å². The predicted octanol–water partition coefficient (Wildman–Crippen LogP) is 3.82. The van der Waals surface area contributed by atoms with Crippen LogP contribution in [0.1, 0.15) is 15.9 Å². The van der Waals surface area contributed by atoms with Crippen molar-refractivity contribution < 1.29 is 14.0 Å². The zero-order valence-electron chi connectivity index (χ0n) is 16.8. The molecule has 0 fully saturated rings. The van der Waals surface area contributed by atoms with Crippen LogP contribution in [0.4, 0.5) is 4.39 Å². The van der Waals surface area contributed by atoms with Gasteiger partial charge in [0.15, 0.2) is 10.9 Å². The fourth-order valence-electron chi connectivity index (χ4n) is 3.10. The van der Waals surface area contributed by atoms with Crippen LogP contribution in [-0.4, -0.2) is 27.1 Å². The second-order valence-electron chi connectivity index (χ2n) is 6.97. The van der Waals surface area contributed by atoms with Crippen molar-refractivity contribution in [2.75, 3.05) is 11.2 Å². The molecule has 3 aromatic carbocycles. The molecule has 0 unspecified atom stereocenters. The zero-order chi connectivity index (χ0) is 22.5. The van der Waals surface area contributed by atoms with Gasteiger partial charge in [-0.15, -0.1) is 0 Å². The van der Waals surface area contributed by atoms with Crippen LogP contribution in [0, 0.1) is 5.82 Å². The number of carbonyl (C=O) groups excluding carboxylic acids is 2. The number of fused-ring (bicyclic) bond motifs is 1. The largest absolute Gasteiger partial charge is 0.293 e. The Morgan fingerprint density at radius 2 is 1.62 bits per heavy atom. The molecule has 1 amide bonds. The number of para-hydroxylation sites is 1. The molecule has 1 N–H and O–H groups in total. The Bertz CT molecular complexity index is 1340. The van der Waals surface area contributed by atoms with E-state index in [4.69, 9.17) is 0 Å². The van der Waals surface area contributed by atoms with Gasteiger partial charge in [-0.25, -0.2) is 9.37 Å². The monoisotopic (exact) mass is 447 g/mol. The molecule has 0 aliphatic heterocycles. The van der Waals surface area contributed by atoms with Gasteiger partial charge in [-0.2, -0.15) is 4.68 Å². The molecule has 6 nitrogen and oxygen atoms in total. The van der Waals surface area contributed by atoms with E-state index in [1.165, 1.54) is 24.3 Å². The van der Waals surface area contributed by atoms with Gasteiger partial charge in [0.1, 0.15) is 5.82 Å². The lowest BCUT2D eigenvalue weighted by atomic mass is 10.1. The summed E-state index contributed by atoms with van der Waals surface area (Å²) in [7, 11) is 0. The van der Waals surface area contributed by atoms with E-state index in [1.807, 2.05) is 30.3 Å². The van der Waals surface area contributed by atoms with Crippen LogP contribution < -0.4 is 11.0 Å². The fraction of sp³-hybridized carbons (Fsp3) is 0.0833. The highest BCUT2D eigenvalue weighted by atomic mass is 32.2. The molecule has 0 saturated heterocycles. The highest BCUT2D eigenvalue weighted by molar-refractivity contribution is 7.99. The first-order valence-corrected chi connectivity index (χ1v) is 10.8. The summed E-state index contributed by atoms with van der Waals surface area (Å²) in [5.41, 5.74) is 3.78. The van der Waals surface area contributed by atoms with Crippen LogP contribution in [0.15, 0.2) is 88.8 Å². The van der Waals surface area contributed by atoms with E-state index in [-0.39, 0.29) is 29.0 Å². The number of benzene rings is 3. The summed E-state index contributed by atoms with van der Waals surface area (Å²) in [4.78, 5) is 42.6. The third kappa shape index (κ3) is 4.92.